The number of benzene rings is 1. The minimum absolute atomic E-state index is 0.0977. The molecule has 1 amide bonds. The minimum atomic E-state index is -0.490. The molecule has 3 fully saturated rings. The van der Waals surface area contributed by atoms with Crippen LogP contribution in [0, 0.1) is 17.7 Å². The number of carbonyl (C=O) groups is 1. The molecule has 2 bridgehead atoms. The monoisotopic (exact) mass is 316 g/mol. The Labute approximate surface area is 136 Å². The Bertz CT molecular complexity index is 599. The van der Waals surface area contributed by atoms with Crippen LogP contribution >= 0.6 is 0 Å². The minimum Gasteiger partial charge on any atom is -0.352 e. The number of carbonyl (C=O) groups excluding carboxylic acids is 1. The van der Waals surface area contributed by atoms with E-state index in [1.807, 2.05) is 6.07 Å². The Morgan fingerprint density at radius 2 is 1.91 bits per heavy atom. The van der Waals surface area contributed by atoms with Crippen LogP contribution in [0.25, 0.3) is 0 Å². The molecule has 0 saturated heterocycles. The lowest BCUT2D eigenvalue weighted by atomic mass is 9.67. The smallest absolute Gasteiger partial charge is 0.230 e. The molecule has 0 heterocycles. The van der Waals surface area contributed by atoms with Gasteiger partial charge in [-0.2, -0.15) is 0 Å². The van der Waals surface area contributed by atoms with Crippen molar-refractivity contribution in [2.45, 2.75) is 62.4 Å². The molecular weight excluding hydrogens is 291 g/mol. The van der Waals surface area contributed by atoms with Crippen molar-refractivity contribution >= 4 is 5.91 Å². The van der Waals surface area contributed by atoms with Crippen molar-refractivity contribution in [2.75, 3.05) is 0 Å². The molecule has 23 heavy (non-hydrogen) atoms. The second-order valence-electron chi connectivity index (χ2n) is 7.77. The van der Waals surface area contributed by atoms with Crippen molar-refractivity contribution in [2.24, 2.45) is 17.6 Å². The molecular formula is C19H25FN2O. The summed E-state index contributed by atoms with van der Waals surface area (Å²) in [7, 11) is 0. The normalized spacial score (nSPS) is 34.7. The van der Waals surface area contributed by atoms with Gasteiger partial charge in [-0.25, -0.2) is 4.39 Å². The highest BCUT2D eigenvalue weighted by Crippen LogP contribution is 2.49. The first kappa shape index (κ1) is 15.1. The number of amides is 1. The van der Waals surface area contributed by atoms with Crippen molar-refractivity contribution in [3.63, 3.8) is 0 Å². The van der Waals surface area contributed by atoms with E-state index < -0.39 is 5.41 Å². The van der Waals surface area contributed by atoms with E-state index in [0.29, 0.717) is 11.8 Å². The molecule has 0 aliphatic heterocycles. The van der Waals surface area contributed by atoms with Crippen LogP contribution in [0.15, 0.2) is 24.3 Å². The summed E-state index contributed by atoms with van der Waals surface area (Å²) in [4.78, 5) is 13.0. The maximum atomic E-state index is 13.5. The van der Waals surface area contributed by atoms with Crippen LogP contribution in [0.3, 0.4) is 0 Å². The van der Waals surface area contributed by atoms with E-state index in [1.165, 1.54) is 31.4 Å². The van der Waals surface area contributed by atoms with Gasteiger partial charge in [-0.05, 0) is 68.1 Å². The summed E-state index contributed by atoms with van der Waals surface area (Å²) in [6.07, 6.45) is 7.28. The van der Waals surface area contributed by atoms with E-state index in [-0.39, 0.29) is 23.8 Å². The summed E-state index contributed by atoms with van der Waals surface area (Å²) in [6, 6.07) is 7.09. The number of rotatable bonds is 3. The maximum Gasteiger partial charge on any atom is 0.230 e. The van der Waals surface area contributed by atoms with Crippen LogP contribution in [-0.4, -0.2) is 18.0 Å². The van der Waals surface area contributed by atoms with Gasteiger partial charge in [0.25, 0.3) is 0 Å². The van der Waals surface area contributed by atoms with Gasteiger partial charge in [-0.3, -0.25) is 4.79 Å². The van der Waals surface area contributed by atoms with Gasteiger partial charge in [0.1, 0.15) is 5.82 Å². The molecule has 0 spiro atoms. The first-order valence-electron chi connectivity index (χ1n) is 8.91. The second-order valence-corrected chi connectivity index (χ2v) is 7.77. The standard InChI is InChI=1S/C19H25FN2O/c20-15-6-2-5-14(11-15)19(7-8-19)18(23)22-17-12-3-1-4-13(17)10-16(21)9-12/h2,5-6,11-13,16-17H,1,3-4,7-10,21H2,(H,22,23). The number of nitrogens with one attached hydrogen (secondary N) is 1. The van der Waals surface area contributed by atoms with Crippen molar-refractivity contribution in [1.29, 1.82) is 0 Å². The molecule has 2 atom stereocenters. The van der Waals surface area contributed by atoms with Crippen LogP contribution in [0.4, 0.5) is 4.39 Å². The Morgan fingerprint density at radius 3 is 2.52 bits per heavy atom. The molecule has 3 aliphatic carbocycles. The first-order chi connectivity index (χ1) is 11.1. The third-order valence-electron chi connectivity index (χ3n) is 6.24. The SMILES string of the molecule is NC1CC2CCCC(C1)C2NC(=O)C1(c2cccc(F)c2)CC1. The van der Waals surface area contributed by atoms with E-state index in [2.05, 4.69) is 5.32 Å². The quantitative estimate of drug-likeness (QED) is 0.901. The number of halogens is 1. The van der Waals surface area contributed by atoms with E-state index in [0.717, 1.165) is 31.2 Å². The van der Waals surface area contributed by atoms with Crippen LogP contribution in [0.2, 0.25) is 0 Å². The van der Waals surface area contributed by atoms with Crippen LogP contribution in [-0.2, 0) is 10.2 Å². The van der Waals surface area contributed by atoms with Crippen LogP contribution in [0.5, 0.6) is 0 Å². The van der Waals surface area contributed by atoms with Gasteiger partial charge in [0.2, 0.25) is 5.91 Å². The molecule has 3 saturated carbocycles. The number of fused-ring (bicyclic) bond motifs is 2. The zero-order chi connectivity index (χ0) is 16.0. The molecule has 124 valence electrons. The van der Waals surface area contributed by atoms with Crippen molar-refractivity contribution in [1.82, 2.24) is 5.32 Å². The average Bonchev–Trinajstić information content (AvgIpc) is 3.30. The zero-order valence-corrected chi connectivity index (χ0v) is 13.4. The Kier molecular flexibility index (Phi) is 3.67. The lowest BCUT2D eigenvalue weighted by Crippen LogP contribution is -2.55. The highest BCUT2D eigenvalue weighted by molar-refractivity contribution is 5.91. The van der Waals surface area contributed by atoms with Gasteiger partial charge < -0.3 is 11.1 Å². The lowest BCUT2D eigenvalue weighted by Gasteiger charge is -2.45. The fraction of sp³-hybridized carbons (Fsp3) is 0.632. The predicted octanol–water partition coefficient (Wildman–Crippen LogP) is 2.88. The molecule has 2 unspecified atom stereocenters. The number of nitrogens with two attached hydrogens (primary N) is 1. The van der Waals surface area contributed by atoms with Crippen molar-refractivity contribution < 1.29 is 9.18 Å². The third-order valence-corrected chi connectivity index (χ3v) is 6.24. The maximum absolute atomic E-state index is 13.5. The molecule has 1 aromatic carbocycles. The Morgan fingerprint density at radius 1 is 1.22 bits per heavy atom. The fourth-order valence-corrected chi connectivity index (χ4v) is 4.87. The fourth-order valence-electron chi connectivity index (χ4n) is 4.87. The Hall–Kier alpha value is -1.42. The molecule has 3 aliphatic rings. The summed E-state index contributed by atoms with van der Waals surface area (Å²) in [5, 5.41) is 3.35. The largest absolute Gasteiger partial charge is 0.352 e. The topological polar surface area (TPSA) is 55.1 Å². The molecule has 0 aromatic heterocycles. The molecule has 0 radical (unpaired) electrons. The molecule has 4 heteroatoms. The highest BCUT2D eigenvalue weighted by atomic mass is 19.1. The summed E-state index contributed by atoms with van der Waals surface area (Å²) < 4.78 is 13.5. The Balaban J connectivity index is 1.52. The zero-order valence-electron chi connectivity index (χ0n) is 13.4. The van der Waals surface area contributed by atoms with Crippen LogP contribution in [0.1, 0.15) is 50.5 Å². The van der Waals surface area contributed by atoms with Gasteiger partial charge in [0.05, 0.1) is 5.41 Å². The van der Waals surface area contributed by atoms with Crippen LogP contribution < -0.4 is 11.1 Å². The van der Waals surface area contributed by atoms with Gasteiger partial charge in [0, 0.05) is 12.1 Å². The lowest BCUT2D eigenvalue weighted by molar-refractivity contribution is -0.126. The third kappa shape index (κ3) is 2.67. The molecule has 3 N–H and O–H groups in total. The highest BCUT2D eigenvalue weighted by Gasteiger charge is 2.53. The summed E-state index contributed by atoms with van der Waals surface area (Å²) in [5.74, 6) is 0.872. The van der Waals surface area contributed by atoms with E-state index in [9.17, 15) is 9.18 Å². The van der Waals surface area contributed by atoms with Gasteiger partial charge >= 0.3 is 0 Å². The number of hydrogen-bond acceptors (Lipinski definition) is 2. The van der Waals surface area contributed by atoms with E-state index in [1.54, 1.807) is 6.07 Å². The predicted molar refractivity (Wildman–Crippen MR) is 87.3 cm³/mol. The van der Waals surface area contributed by atoms with Gasteiger partial charge in [-0.15, -0.1) is 0 Å². The molecule has 1 aromatic rings. The van der Waals surface area contributed by atoms with E-state index >= 15 is 0 Å². The first-order valence-corrected chi connectivity index (χ1v) is 8.91. The second kappa shape index (κ2) is 5.59. The van der Waals surface area contributed by atoms with E-state index in [4.69, 9.17) is 5.73 Å². The number of hydrogen-bond donors (Lipinski definition) is 2. The van der Waals surface area contributed by atoms with Gasteiger partial charge in [0.15, 0.2) is 0 Å². The average molecular weight is 316 g/mol. The summed E-state index contributed by atoms with van der Waals surface area (Å²) in [6.45, 7) is 0. The van der Waals surface area contributed by atoms with Crippen molar-refractivity contribution in [3.8, 4) is 0 Å². The van der Waals surface area contributed by atoms with Gasteiger partial charge in [-0.1, -0.05) is 18.6 Å². The summed E-state index contributed by atoms with van der Waals surface area (Å²) in [5.41, 5.74) is 6.51. The summed E-state index contributed by atoms with van der Waals surface area (Å²) >= 11 is 0. The molecule has 4 rings (SSSR count). The molecule has 3 nitrogen and oxygen atoms in total. The van der Waals surface area contributed by atoms with Crippen molar-refractivity contribution in [3.05, 3.63) is 35.6 Å².